The van der Waals surface area contributed by atoms with Gasteiger partial charge in [-0.05, 0) is 38.4 Å². The Hall–Kier alpha value is -2.98. The molecule has 0 aliphatic rings. The van der Waals surface area contributed by atoms with Gasteiger partial charge in [-0.15, -0.1) is 3.89 Å². The van der Waals surface area contributed by atoms with E-state index in [0.717, 1.165) is 0 Å². The molecule has 2 heterocycles. The highest BCUT2D eigenvalue weighted by molar-refractivity contribution is 7.92. The van der Waals surface area contributed by atoms with Crippen LogP contribution in [-0.2, 0) is 0 Å². The maximum atomic E-state index is 13.7. The van der Waals surface area contributed by atoms with Crippen molar-refractivity contribution < 1.29 is 18.2 Å². The number of rotatable bonds is 8. The lowest BCUT2D eigenvalue weighted by Gasteiger charge is -2.12. The van der Waals surface area contributed by atoms with Crippen LogP contribution < -0.4 is 20.1 Å². The van der Waals surface area contributed by atoms with Gasteiger partial charge in [0.2, 0.25) is 0 Å². The quantitative estimate of drug-likeness (QED) is 0.563. The third-order valence-electron chi connectivity index (χ3n) is 4.48. The number of pyridine rings is 1. The van der Waals surface area contributed by atoms with Crippen molar-refractivity contribution in [1.82, 2.24) is 19.2 Å². The number of halogens is 1. The number of urea groups is 1. The van der Waals surface area contributed by atoms with Gasteiger partial charge in [0, 0.05) is 30.2 Å². The van der Waals surface area contributed by atoms with Gasteiger partial charge in [0.05, 0.1) is 19.8 Å². The van der Waals surface area contributed by atoms with Crippen molar-refractivity contribution in [3.63, 3.8) is 0 Å². The maximum absolute atomic E-state index is 13.7. The molecule has 0 saturated heterocycles. The molecule has 2 aromatic heterocycles. The summed E-state index contributed by atoms with van der Waals surface area (Å²) in [5.74, 6) is 1.51. The topological polar surface area (TPSA) is 80.6 Å². The Kier molecular flexibility index (Phi) is 7.01. The number of nitrogens with zero attached hydrogens (tertiary/aromatic N) is 3. The lowest BCUT2D eigenvalue weighted by molar-refractivity contribution is 0.250. The fourth-order valence-electron chi connectivity index (χ4n) is 3.07. The van der Waals surface area contributed by atoms with Gasteiger partial charge in [-0.3, -0.25) is 5.32 Å². The molecule has 8 nitrogen and oxygen atoms in total. The van der Waals surface area contributed by atoms with E-state index in [2.05, 4.69) is 15.6 Å². The minimum atomic E-state index is -0.374. The van der Waals surface area contributed by atoms with Crippen LogP contribution in [0.1, 0.15) is 0 Å². The molecule has 0 fully saturated rings. The van der Waals surface area contributed by atoms with Gasteiger partial charge in [0.15, 0.2) is 18.0 Å². The van der Waals surface area contributed by atoms with Gasteiger partial charge in [-0.1, -0.05) is 6.07 Å². The van der Waals surface area contributed by atoms with Crippen LogP contribution in [0.3, 0.4) is 0 Å². The summed E-state index contributed by atoms with van der Waals surface area (Å²) in [6.07, 6.45) is 1.63. The molecule has 0 saturated carbocycles. The van der Waals surface area contributed by atoms with Crippen molar-refractivity contribution >= 4 is 35.2 Å². The molecule has 1 aromatic carbocycles. The standard InChI is InChI=1S/C20H24FN5O3S/c1-25(2)11-10-22-20(27)24-17-9-8-13-14(12-26(30-21)19(13)23-17)18-15(28-3)6-5-7-16(18)29-4/h5-9,12H,10-11H2,1-4H3,(H2,22,23,24,27). The molecular formula is C20H24FN5O3S. The van der Waals surface area contributed by atoms with Crippen molar-refractivity contribution in [2.24, 2.45) is 0 Å². The Balaban J connectivity index is 1.96. The van der Waals surface area contributed by atoms with Crippen molar-refractivity contribution in [2.75, 3.05) is 46.7 Å². The molecule has 160 valence electrons. The predicted octanol–water partition coefficient (Wildman–Crippen LogP) is 3.78. The molecule has 0 radical (unpaired) electrons. The lowest BCUT2D eigenvalue weighted by atomic mass is 10.0. The summed E-state index contributed by atoms with van der Waals surface area (Å²) in [6.45, 7) is 1.21. The van der Waals surface area contributed by atoms with Gasteiger partial charge in [0.25, 0.3) is 0 Å². The second-order valence-corrected chi connectivity index (χ2v) is 7.26. The number of hydrogen-bond acceptors (Lipinski definition) is 6. The third kappa shape index (κ3) is 4.60. The van der Waals surface area contributed by atoms with E-state index in [9.17, 15) is 8.68 Å². The SMILES string of the molecule is COc1cccc(OC)c1-c1cn(SF)c2nc(NC(=O)NCCN(C)C)ccc12. The number of benzene rings is 1. The Morgan fingerprint density at radius 3 is 2.50 bits per heavy atom. The van der Waals surface area contributed by atoms with E-state index < -0.39 is 0 Å². The first-order valence-corrected chi connectivity index (χ1v) is 9.88. The Morgan fingerprint density at radius 1 is 1.20 bits per heavy atom. The summed E-state index contributed by atoms with van der Waals surface area (Å²) >= 11 is 0.0241. The van der Waals surface area contributed by atoms with E-state index in [4.69, 9.17) is 9.47 Å². The van der Waals surface area contributed by atoms with Gasteiger partial charge < -0.3 is 19.7 Å². The van der Waals surface area contributed by atoms with Crippen LogP contribution in [0.2, 0.25) is 0 Å². The highest BCUT2D eigenvalue weighted by atomic mass is 32.2. The molecule has 0 aliphatic carbocycles. The first-order valence-electron chi connectivity index (χ1n) is 9.20. The number of nitrogens with one attached hydrogen (secondary N) is 2. The fourth-order valence-corrected chi connectivity index (χ4v) is 3.42. The van der Waals surface area contributed by atoms with Crippen molar-refractivity contribution in [3.05, 3.63) is 36.5 Å². The molecule has 0 spiro atoms. The van der Waals surface area contributed by atoms with Gasteiger partial charge in [-0.25, -0.2) is 13.8 Å². The summed E-state index contributed by atoms with van der Waals surface area (Å²) < 4.78 is 25.9. The second kappa shape index (κ2) is 9.68. The van der Waals surface area contributed by atoms with E-state index in [0.29, 0.717) is 52.6 Å². The Labute approximate surface area is 178 Å². The largest absolute Gasteiger partial charge is 0.496 e. The molecule has 0 unspecified atom stereocenters. The molecule has 0 aliphatic heterocycles. The molecule has 30 heavy (non-hydrogen) atoms. The first kappa shape index (κ1) is 21.7. The number of aromatic nitrogens is 2. The first-order chi connectivity index (χ1) is 14.5. The summed E-state index contributed by atoms with van der Waals surface area (Å²) in [4.78, 5) is 18.5. The normalized spacial score (nSPS) is 11.0. The second-order valence-electron chi connectivity index (χ2n) is 6.73. The minimum Gasteiger partial charge on any atom is -0.496 e. The van der Waals surface area contributed by atoms with Crippen LogP contribution in [0.4, 0.5) is 14.5 Å². The van der Waals surface area contributed by atoms with E-state index in [-0.39, 0.29) is 18.4 Å². The van der Waals surface area contributed by atoms with Crippen LogP contribution >= 0.6 is 12.3 Å². The summed E-state index contributed by atoms with van der Waals surface area (Å²) in [5, 5.41) is 6.12. The molecule has 3 rings (SSSR count). The summed E-state index contributed by atoms with van der Waals surface area (Å²) in [7, 11) is 6.98. The average molecular weight is 434 g/mol. The Bertz CT molecular complexity index is 1020. The molecule has 3 aromatic rings. The van der Waals surface area contributed by atoms with E-state index >= 15 is 0 Å². The number of fused-ring (bicyclic) bond motifs is 1. The average Bonchev–Trinajstić information content (AvgIpc) is 3.10. The molecule has 0 atom stereocenters. The zero-order valence-electron chi connectivity index (χ0n) is 17.2. The molecule has 2 amide bonds. The molecule has 0 bridgehead atoms. The van der Waals surface area contributed by atoms with E-state index in [1.807, 2.05) is 37.2 Å². The third-order valence-corrected chi connectivity index (χ3v) is 4.91. The number of anilines is 1. The maximum Gasteiger partial charge on any atom is 0.320 e. The molecule has 10 heteroatoms. The molecule has 2 N–H and O–H groups in total. The highest BCUT2D eigenvalue weighted by Gasteiger charge is 2.20. The summed E-state index contributed by atoms with van der Waals surface area (Å²) in [5.41, 5.74) is 1.78. The number of ether oxygens (including phenoxy) is 2. The number of methoxy groups -OCH3 is 2. The Morgan fingerprint density at radius 2 is 1.90 bits per heavy atom. The monoisotopic (exact) mass is 433 g/mol. The van der Waals surface area contributed by atoms with Gasteiger partial charge >= 0.3 is 6.03 Å². The van der Waals surface area contributed by atoms with Crippen LogP contribution in [0.5, 0.6) is 11.5 Å². The molecular weight excluding hydrogens is 409 g/mol. The van der Waals surface area contributed by atoms with Crippen LogP contribution in [-0.4, -0.2) is 61.3 Å². The fraction of sp³-hybridized carbons (Fsp3) is 0.300. The van der Waals surface area contributed by atoms with E-state index in [1.54, 1.807) is 32.5 Å². The number of carbonyl (C=O) groups is 1. The van der Waals surface area contributed by atoms with Gasteiger partial charge in [-0.2, -0.15) is 0 Å². The van der Waals surface area contributed by atoms with Crippen molar-refractivity contribution in [1.29, 1.82) is 0 Å². The number of carbonyl (C=O) groups excluding carboxylic acids is 1. The predicted molar refractivity (Wildman–Crippen MR) is 118 cm³/mol. The van der Waals surface area contributed by atoms with Crippen molar-refractivity contribution in [3.8, 4) is 22.6 Å². The summed E-state index contributed by atoms with van der Waals surface area (Å²) in [6, 6.07) is 8.52. The van der Waals surface area contributed by atoms with Crippen LogP contribution in [0.25, 0.3) is 22.2 Å². The highest BCUT2D eigenvalue weighted by Crippen LogP contribution is 2.43. The van der Waals surface area contributed by atoms with Crippen LogP contribution in [0.15, 0.2) is 36.5 Å². The smallest absolute Gasteiger partial charge is 0.320 e. The van der Waals surface area contributed by atoms with Gasteiger partial charge in [0.1, 0.15) is 17.3 Å². The number of amides is 2. The number of likely N-dealkylation sites (N-methyl/N-ethyl adjacent to an activating group) is 1. The minimum absolute atomic E-state index is 0.0241. The number of hydrogen-bond donors (Lipinski definition) is 2. The van der Waals surface area contributed by atoms with E-state index in [1.165, 1.54) is 3.97 Å². The van der Waals surface area contributed by atoms with Crippen molar-refractivity contribution in [2.45, 2.75) is 0 Å². The van der Waals surface area contributed by atoms with Crippen LogP contribution in [0, 0.1) is 0 Å². The zero-order valence-corrected chi connectivity index (χ0v) is 18.0. The lowest BCUT2D eigenvalue weighted by Crippen LogP contribution is -2.34. The zero-order chi connectivity index (χ0) is 21.7.